The summed E-state index contributed by atoms with van der Waals surface area (Å²) in [6, 6.07) is 5.58. The molecule has 26 heavy (non-hydrogen) atoms. The number of halogens is 2. The van der Waals surface area contributed by atoms with E-state index in [9.17, 15) is 4.79 Å². The van der Waals surface area contributed by atoms with Gasteiger partial charge in [-0.2, -0.15) is 0 Å². The first kappa shape index (κ1) is 18.1. The first-order valence-corrected chi connectivity index (χ1v) is 10.9. The molecule has 0 fully saturated rings. The first-order chi connectivity index (χ1) is 12.6. The topological polar surface area (TPSA) is 34.9 Å². The normalized spacial score (nSPS) is 13.3. The molecule has 0 saturated heterocycles. The van der Waals surface area contributed by atoms with E-state index in [0.717, 1.165) is 35.0 Å². The van der Waals surface area contributed by atoms with Gasteiger partial charge in [0.05, 0.1) is 15.4 Å². The number of hydrogen-bond donors (Lipinski definition) is 0. The number of rotatable bonds is 5. The Balaban J connectivity index is 1.73. The van der Waals surface area contributed by atoms with Gasteiger partial charge in [0.15, 0.2) is 5.16 Å². The van der Waals surface area contributed by atoms with Crippen molar-refractivity contribution in [2.75, 3.05) is 0 Å². The number of allylic oxidation sites excluding steroid dienone is 1. The monoisotopic (exact) mass is 422 g/mol. The SMILES string of the molecule is C=CCn1c(SCc2ccc(Cl)c(Cl)c2)nc2sc3c(c2c1=O)CCC3. The van der Waals surface area contributed by atoms with Crippen molar-refractivity contribution in [3.05, 3.63) is 67.3 Å². The van der Waals surface area contributed by atoms with E-state index in [1.807, 2.05) is 12.1 Å². The second kappa shape index (κ2) is 7.39. The summed E-state index contributed by atoms with van der Waals surface area (Å²) in [5.41, 5.74) is 2.30. The molecule has 4 rings (SSSR count). The summed E-state index contributed by atoms with van der Waals surface area (Å²) in [5, 5.41) is 2.60. The van der Waals surface area contributed by atoms with Crippen molar-refractivity contribution in [3.8, 4) is 0 Å². The van der Waals surface area contributed by atoms with E-state index in [4.69, 9.17) is 28.2 Å². The van der Waals surface area contributed by atoms with E-state index in [1.165, 1.54) is 22.2 Å². The molecule has 0 atom stereocenters. The summed E-state index contributed by atoms with van der Waals surface area (Å²) in [5.74, 6) is 0.664. The summed E-state index contributed by atoms with van der Waals surface area (Å²) in [6.45, 7) is 4.25. The highest BCUT2D eigenvalue weighted by atomic mass is 35.5. The molecule has 0 amide bonds. The van der Waals surface area contributed by atoms with Crippen molar-refractivity contribution in [1.82, 2.24) is 9.55 Å². The van der Waals surface area contributed by atoms with E-state index < -0.39 is 0 Å². The fourth-order valence-corrected chi connectivity index (χ4v) is 5.81. The zero-order chi connectivity index (χ0) is 18.3. The third-order valence-corrected chi connectivity index (χ3v) is 7.43. The van der Waals surface area contributed by atoms with Crippen molar-refractivity contribution >= 4 is 56.5 Å². The minimum absolute atomic E-state index is 0.0472. The molecule has 1 aliphatic rings. The van der Waals surface area contributed by atoms with Crippen LogP contribution in [0.25, 0.3) is 10.2 Å². The van der Waals surface area contributed by atoms with Crippen molar-refractivity contribution in [3.63, 3.8) is 0 Å². The van der Waals surface area contributed by atoms with Gasteiger partial charge in [-0.15, -0.1) is 17.9 Å². The van der Waals surface area contributed by atoms with Crippen molar-refractivity contribution < 1.29 is 0 Å². The van der Waals surface area contributed by atoms with E-state index in [-0.39, 0.29) is 5.56 Å². The molecule has 0 saturated carbocycles. The maximum atomic E-state index is 13.1. The molecule has 2 heterocycles. The predicted molar refractivity (Wildman–Crippen MR) is 112 cm³/mol. The van der Waals surface area contributed by atoms with Crippen LogP contribution in [-0.4, -0.2) is 9.55 Å². The van der Waals surface area contributed by atoms with E-state index in [1.54, 1.807) is 28.0 Å². The van der Waals surface area contributed by atoms with Crippen LogP contribution in [0.3, 0.4) is 0 Å². The van der Waals surface area contributed by atoms with Crippen LogP contribution in [-0.2, 0) is 25.1 Å². The molecule has 0 unspecified atom stereocenters. The van der Waals surface area contributed by atoms with Crippen LogP contribution in [0.2, 0.25) is 10.0 Å². The van der Waals surface area contributed by atoms with Crippen LogP contribution in [0.15, 0.2) is 40.8 Å². The molecule has 1 aromatic carbocycles. The van der Waals surface area contributed by atoms with Gasteiger partial charge >= 0.3 is 0 Å². The smallest absolute Gasteiger partial charge is 0.263 e. The Bertz CT molecular complexity index is 1070. The first-order valence-electron chi connectivity index (χ1n) is 8.31. The molecule has 0 aliphatic heterocycles. The summed E-state index contributed by atoms with van der Waals surface area (Å²) in [4.78, 5) is 20.1. The fraction of sp³-hybridized carbons (Fsp3) is 0.263. The van der Waals surface area contributed by atoms with Crippen molar-refractivity contribution in [2.45, 2.75) is 36.7 Å². The summed E-state index contributed by atoms with van der Waals surface area (Å²) >= 11 is 15.3. The molecule has 1 aliphatic carbocycles. The Morgan fingerprint density at radius 2 is 2.15 bits per heavy atom. The Hall–Kier alpha value is -1.27. The molecule has 7 heteroatoms. The lowest BCUT2D eigenvalue weighted by Gasteiger charge is -2.11. The number of fused-ring (bicyclic) bond motifs is 3. The van der Waals surface area contributed by atoms with Crippen molar-refractivity contribution in [2.24, 2.45) is 0 Å². The van der Waals surface area contributed by atoms with E-state index in [2.05, 4.69) is 6.58 Å². The highest BCUT2D eigenvalue weighted by Crippen LogP contribution is 2.36. The molecule has 3 nitrogen and oxygen atoms in total. The minimum atomic E-state index is 0.0472. The Labute approximate surface area is 169 Å². The lowest BCUT2D eigenvalue weighted by atomic mass is 10.2. The lowest BCUT2D eigenvalue weighted by Crippen LogP contribution is -2.22. The standard InChI is InChI=1S/C19H16Cl2N2OS2/c1-2-8-23-18(24)16-12-4-3-5-15(12)26-17(16)22-19(23)25-10-11-6-7-13(20)14(21)9-11/h2,6-7,9H,1,3-5,8,10H2. The minimum Gasteiger partial charge on any atom is -0.283 e. The number of aromatic nitrogens is 2. The van der Waals surface area contributed by atoms with Gasteiger partial charge in [0.2, 0.25) is 0 Å². The van der Waals surface area contributed by atoms with Crippen LogP contribution >= 0.6 is 46.3 Å². The second-order valence-electron chi connectivity index (χ2n) is 6.17. The number of thiophene rings is 1. The molecule has 2 aromatic heterocycles. The lowest BCUT2D eigenvalue weighted by molar-refractivity contribution is 0.672. The molecular weight excluding hydrogens is 407 g/mol. The van der Waals surface area contributed by atoms with Gasteiger partial charge in [0.1, 0.15) is 4.83 Å². The third-order valence-electron chi connectivity index (χ3n) is 4.45. The van der Waals surface area contributed by atoms with Crippen LogP contribution in [0.5, 0.6) is 0 Å². The van der Waals surface area contributed by atoms with Crippen LogP contribution in [0.4, 0.5) is 0 Å². The Kier molecular flexibility index (Phi) is 5.15. The second-order valence-corrected chi connectivity index (χ2v) is 9.01. The number of nitrogens with zero attached hydrogens (tertiary/aromatic N) is 2. The number of thioether (sulfide) groups is 1. The Morgan fingerprint density at radius 1 is 1.31 bits per heavy atom. The average molecular weight is 423 g/mol. The molecular formula is C19H16Cl2N2OS2. The van der Waals surface area contributed by atoms with Crippen LogP contribution in [0.1, 0.15) is 22.4 Å². The average Bonchev–Trinajstić information content (AvgIpc) is 3.19. The van der Waals surface area contributed by atoms with Gasteiger partial charge < -0.3 is 0 Å². The van der Waals surface area contributed by atoms with Gasteiger partial charge in [0.25, 0.3) is 5.56 Å². The van der Waals surface area contributed by atoms with Gasteiger partial charge in [-0.1, -0.05) is 47.1 Å². The van der Waals surface area contributed by atoms with Gasteiger partial charge in [-0.25, -0.2) is 4.98 Å². The Morgan fingerprint density at radius 3 is 2.92 bits per heavy atom. The van der Waals surface area contributed by atoms with Crippen molar-refractivity contribution in [1.29, 1.82) is 0 Å². The maximum absolute atomic E-state index is 13.1. The van der Waals surface area contributed by atoms with Crippen LogP contribution in [0, 0.1) is 0 Å². The largest absolute Gasteiger partial charge is 0.283 e. The van der Waals surface area contributed by atoms with E-state index >= 15 is 0 Å². The molecule has 0 spiro atoms. The zero-order valence-corrected chi connectivity index (χ0v) is 17.1. The highest BCUT2D eigenvalue weighted by molar-refractivity contribution is 7.98. The molecule has 0 radical (unpaired) electrons. The number of hydrogen-bond acceptors (Lipinski definition) is 4. The fourth-order valence-electron chi connectivity index (χ4n) is 3.24. The summed E-state index contributed by atoms with van der Waals surface area (Å²) in [7, 11) is 0. The zero-order valence-electron chi connectivity index (χ0n) is 13.9. The molecule has 0 bridgehead atoms. The summed E-state index contributed by atoms with van der Waals surface area (Å²) < 4.78 is 1.73. The number of aryl methyl sites for hydroxylation is 2. The maximum Gasteiger partial charge on any atom is 0.263 e. The molecule has 0 N–H and O–H groups in total. The van der Waals surface area contributed by atoms with Gasteiger partial charge in [-0.3, -0.25) is 9.36 Å². The third kappa shape index (κ3) is 3.22. The van der Waals surface area contributed by atoms with Gasteiger partial charge in [-0.05, 0) is 42.5 Å². The highest BCUT2D eigenvalue weighted by Gasteiger charge is 2.23. The van der Waals surface area contributed by atoms with E-state index in [0.29, 0.717) is 27.5 Å². The molecule has 3 aromatic rings. The quantitative estimate of drug-likeness (QED) is 0.299. The van der Waals surface area contributed by atoms with Gasteiger partial charge in [0, 0.05) is 17.2 Å². The van der Waals surface area contributed by atoms with Crippen LogP contribution < -0.4 is 5.56 Å². The predicted octanol–water partition coefficient (Wildman–Crippen LogP) is 5.73. The number of benzene rings is 1. The summed E-state index contributed by atoms with van der Waals surface area (Å²) in [6.07, 6.45) is 4.91. The molecule has 134 valence electrons.